The lowest BCUT2D eigenvalue weighted by molar-refractivity contribution is 0.0572. The van der Waals surface area contributed by atoms with Crippen molar-refractivity contribution in [2.45, 2.75) is 13.3 Å². The smallest absolute Gasteiger partial charge is 0.255 e. The second-order valence-corrected chi connectivity index (χ2v) is 5.04. The summed E-state index contributed by atoms with van der Waals surface area (Å²) in [4.78, 5) is 18.0. The van der Waals surface area contributed by atoms with Crippen LogP contribution in [0.25, 0.3) is 10.9 Å². The number of fused-ring (bicyclic) bond motifs is 1. The molecule has 0 aliphatic rings. The summed E-state index contributed by atoms with van der Waals surface area (Å²) in [5, 5.41) is 0.655. The van der Waals surface area contributed by atoms with Crippen LogP contribution in [0.4, 0.5) is 8.78 Å². The van der Waals surface area contributed by atoms with Gasteiger partial charge >= 0.3 is 0 Å². The number of carbonyl (C=O) groups is 1. The molecule has 0 saturated heterocycles. The molecule has 0 radical (unpaired) electrons. The average Bonchev–Trinajstić information content (AvgIpc) is 2.44. The lowest BCUT2D eigenvalue weighted by atomic mass is 10.1. The number of aryl methyl sites for hydroxylation is 1. The number of para-hydroxylation sites is 1. The number of pyridine rings is 1. The minimum Gasteiger partial charge on any atom is -0.332 e. The van der Waals surface area contributed by atoms with Crippen LogP contribution in [0.2, 0.25) is 0 Å². The van der Waals surface area contributed by atoms with E-state index in [1.54, 1.807) is 31.2 Å². The van der Waals surface area contributed by atoms with Gasteiger partial charge in [0.25, 0.3) is 12.3 Å². The van der Waals surface area contributed by atoms with Crippen LogP contribution >= 0.6 is 11.6 Å². The van der Waals surface area contributed by atoms with E-state index in [0.29, 0.717) is 22.2 Å². The van der Waals surface area contributed by atoms with Gasteiger partial charge in [-0.25, -0.2) is 8.78 Å². The molecule has 0 unspecified atom stereocenters. The van der Waals surface area contributed by atoms with Gasteiger partial charge in [-0.15, -0.1) is 11.6 Å². The third kappa shape index (κ3) is 3.67. The van der Waals surface area contributed by atoms with Crippen molar-refractivity contribution >= 4 is 28.4 Å². The first-order chi connectivity index (χ1) is 10.0. The van der Waals surface area contributed by atoms with E-state index in [4.69, 9.17) is 11.6 Å². The summed E-state index contributed by atoms with van der Waals surface area (Å²) < 4.78 is 25.3. The molecular formula is C15H15ClF2N2O. The number of amides is 1. The fourth-order valence-electron chi connectivity index (χ4n) is 2.20. The van der Waals surface area contributed by atoms with Gasteiger partial charge < -0.3 is 4.90 Å². The highest BCUT2D eigenvalue weighted by Gasteiger charge is 2.21. The van der Waals surface area contributed by atoms with E-state index < -0.39 is 18.9 Å². The predicted octanol–water partition coefficient (Wildman–Crippen LogP) is 3.49. The highest BCUT2D eigenvalue weighted by Crippen LogP contribution is 2.20. The first kappa shape index (κ1) is 15.6. The minimum absolute atomic E-state index is 0.0838. The lowest BCUT2D eigenvalue weighted by Crippen LogP contribution is -2.36. The van der Waals surface area contributed by atoms with E-state index in [2.05, 4.69) is 4.98 Å². The Kier molecular flexibility index (Phi) is 5.07. The summed E-state index contributed by atoms with van der Waals surface area (Å²) in [6.07, 6.45) is -2.59. The molecule has 0 saturated carbocycles. The van der Waals surface area contributed by atoms with Gasteiger partial charge in [-0.2, -0.15) is 0 Å². The fourth-order valence-corrected chi connectivity index (χ4v) is 2.40. The summed E-state index contributed by atoms with van der Waals surface area (Å²) in [5.41, 5.74) is 1.72. The van der Waals surface area contributed by atoms with Crippen molar-refractivity contribution in [2.24, 2.45) is 0 Å². The van der Waals surface area contributed by atoms with Gasteiger partial charge in [-0.3, -0.25) is 9.78 Å². The third-order valence-corrected chi connectivity index (χ3v) is 3.24. The van der Waals surface area contributed by atoms with Crippen LogP contribution in [0, 0.1) is 6.92 Å². The largest absolute Gasteiger partial charge is 0.332 e. The Balaban J connectivity index is 2.45. The molecule has 1 heterocycles. The summed E-state index contributed by atoms with van der Waals surface area (Å²) in [6.45, 7) is 1.23. The Morgan fingerprint density at radius 1 is 1.38 bits per heavy atom. The molecular weight excluding hydrogens is 298 g/mol. The Morgan fingerprint density at radius 3 is 2.76 bits per heavy atom. The number of carbonyl (C=O) groups excluding carboxylic acids is 1. The molecule has 21 heavy (non-hydrogen) atoms. The maximum atomic E-state index is 12.6. The first-order valence-corrected chi connectivity index (χ1v) is 7.06. The van der Waals surface area contributed by atoms with Crippen molar-refractivity contribution in [1.82, 2.24) is 9.88 Å². The van der Waals surface area contributed by atoms with Crippen molar-refractivity contribution in [1.29, 1.82) is 0 Å². The zero-order valence-corrected chi connectivity index (χ0v) is 12.3. The molecule has 6 heteroatoms. The number of aromatic nitrogens is 1. The van der Waals surface area contributed by atoms with Crippen molar-refractivity contribution in [3.63, 3.8) is 0 Å². The zero-order chi connectivity index (χ0) is 15.4. The second-order valence-electron chi connectivity index (χ2n) is 4.66. The van der Waals surface area contributed by atoms with Crippen LogP contribution in [-0.4, -0.2) is 41.2 Å². The molecule has 2 aromatic rings. The second kappa shape index (κ2) is 6.80. The van der Waals surface area contributed by atoms with Crippen LogP contribution in [0.15, 0.2) is 30.3 Å². The topological polar surface area (TPSA) is 33.2 Å². The Labute approximate surface area is 126 Å². The van der Waals surface area contributed by atoms with Gasteiger partial charge in [0.2, 0.25) is 0 Å². The highest BCUT2D eigenvalue weighted by atomic mass is 35.5. The predicted molar refractivity (Wildman–Crippen MR) is 79.1 cm³/mol. The lowest BCUT2D eigenvalue weighted by Gasteiger charge is -2.22. The van der Waals surface area contributed by atoms with Crippen molar-refractivity contribution in [2.75, 3.05) is 19.0 Å². The van der Waals surface area contributed by atoms with E-state index in [1.165, 1.54) is 0 Å². The molecule has 0 bridgehead atoms. The monoisotopic (exact) mass is 312 g/mol. The summed E-state index contributed by atoms with van der Waals surface area (Å²) in [6, 6.07) is 8.78. The quantitative estimate of drug-likeness (QED) is 0.792. The van der Waals surface area contributed by atoms with Crippen LogP contribution < -0.4 is 0 Å². The van der Waals surface area contributed by atoms with E-state index in [-0.39, 0.29) is 12.4 Å². The molecule has 0 aliphatic heterocycles. The highest BCUT2D eigenvalue weighted by molar-refractivity contribution is 6.18. The Morgan fingerprint density at radius 2 is 2.10 bits per heavy atom. The van der Waals surface area contributed by atoms with Crippen molar-refractivity contribution in [3.05, 3.63) is 41.6 Å². The van der Waals surface area contributed by atoms with Gasteiger partial charge in [-0.1, -0.05) is 18.2 Å². The van der Waals surface area contributed by atoms with Gasteiger partial charge in [-0.05, 0) is 19.1 Å². The van der Waals surface area contributed by atoms with Crippen LogP contribution in [0.5, 0.6) is 0 Å². The van der Waals surface area contributed by atoms with Gasteiger partial charge in [0.15, 0.2) is 0 Å². The standard InChI is InChI=1S/C15H15ClF2N2O/c1-10-8-12(11-4-2-3-5-13(11)19-10)15(21)20(7-6-16)9-14(17)18/h2-5,8,14H,6-7,9H2,1H3. The van der Waals surface area contributed by atoms with Gasteiger partial charge in [0.1, 0.15) is 0 Å². The van der Waals surface area contributed by atoms with Crippen molar-refractivity contribution < 1.29 is 13.6 Å². The maximum absolute atomic E-state index is 12.6. The van der Waals surface area contributed by atoms with Crippen LogP contribution in [-0.2, 0) is 0 Å². The average molecular weight is 313 g/mol. The molecule has 1 amide bonds. The molecule has 3 nitrogen and oxygen atoms in total. The van der Waals surface area contributed by atoms with Gasteiger partial charge in [0, 0.05) is 23.5 Å². The van der Waals surface area contributed by atoms with Crippen molar-refractivity contribution in [3.8, 4) is 0 Å². The van der Waals surface area contributed by atoms with E-state index in [1.807, 2.05) is 6.07 Å². The number of alkyl halides is 3. The minimum atomic E-state index is -2.59. The molecule has 0 atom stereocenters. The fraction of sp³-hybridized carbons (Fsp3) is 0.333. The molecule has 0 N–H and O–H groups in total. The number of nitrogens with zero attached hydrogens (tertiary/aromatic N) is 2. The molecule has 0 aliphatic carbocycles. The van der Waals surface area contributed by atoms with Gasteiger partial charge in [0.05, 0.1) is 17.6 Å². The summed E-state index contributed by atoms with van der Waals surface area (Å²) in [7, 11) is 0. The molecule has 2 rings (SSSR count). The first-order valence-electron chi connectivity index (χ1n) is 6.52. The van der Waals surface area contributed by atoms with E-state index in [9.17, 15) is 13.6 Å². The number of halogens is 3. The number of rotatable bonds is 5. The number of benzene rings is 1. The number of hydrogen-bond donors (Lipinski definition) is 0. The normalized spacial score (nSPS) is 11.1. The Bertz CT molecular complexity index is 649. The molecule has 1 aromatic carbocycles. The number of hydrogen-bond acceptors (Lipinski definition) is 2. The van der Waals surface area contributed by atoms with E-state index in [0.717, 1.165) is 4.90 Å². The zero-order valence-electron chi connectivity index (χ0n) is 11.5. The molecule has 1 aromatic heterocycles. The maximum Gasteiger partial charge on any atom is 0.255 e. The van der Waals surface area contributed by atoms with Crippen LogP contribution in [0.1, 0.15) is 16.1 Å². The van der Waals surface area contributed by atoms with Crippen LogP contribution in [0.3, 0.4) is 0 Å². The molecule has 0 fully saturated rings. The summed E-state index contributed by atoms with van der Waals surface area (Å²) in [5.74, 6) is -0.335. The molecule has 112 valence electrons. The Hall–Kier alpha value is -1.75. The summed E-state index contributed by atoms with van der Waals surface area (Å²) >= 11 is 5.61. The molecule has 0 spiro atoms. The van der Waals surface area contributed by atoms with E-state index >= 15 is 0 Å². The third-order valence-electron chi connectivity index (χ3n) is 3.07. The SMILES string of the molecule is Cc1cc(C(=O)N(CCCl)CC(F)F)c2ccccc2n1.